The predicted octanol–water partition coefficient (Wildman–Crippen LogP) is 4.49. The average molecular weight is 335 g/mol. The van der Waals surface area contributed by atoms with Crippen molar-refractivity contribution in [1.82, 2.24) is 5.43 Å². The molecule has 1 N–H and O–H groups in total. The smallest absolute Gasteiger partial charge is 0.277 e. The summed E-state index contributed by atoms with van der Waals surface area (Å²) in [5.74, 6) is 0.352. The maximum atomic E-state index is 11.8. The van der Waals surface area contributed by atoms with Crippen molar-refractivity contribution in [3.8, 4) is 5.75 Å². The van der Waals surface area contributed by atoms with E-state index in [0.717, 1.165) is 25.0 Å². The Kier molecular flexibility index (Phi) is 7.14. The lowest BCUT2D eigenvalue weighted by molar-refractivity contribution is -0.123. The minimum absolute atomic E-state index is 0.0622. The molecule has 2 rings (SSSR count). The van der Waals surface area contributed by atoms with Gasteiger partial charge in [-0.05, 0) is 55.5 Å². The SMILES string of the molecule is CCCCCC1=CCCC1=NNC(=O)COc1ccc(Cl)cc1. The van der Waals surface area contributed by atoms with Gasteiger partial charge >= 0.3 is 0 Å². The fourth-order valence-electron chi connectivity index (χ4n) is 2.44. The van der Waals surface area contributed by atoms with Crippen molar-refractivity contribution in [3.05, 3.63) is 40.9 Å². The van der Waals surface area contributed by atoms with Crippen LogP contribution >= 0.6 is 11.6 Å². The van der Waals surface area contributed by atoms with Crippen LogP contribution in [0.2, 0.25) is 5.02 Å². The molecule has 1 amide bonds. The van der Waals surface area contributed by atoms with E-state index in [4.69, 9.17) is 16.3 Å². The summed E-state index contributed by atoms with van der Waals surface area (Å²) >= 11 is 5.80. The van der Waals surface area contributed by atoms with Gasteiger partial charge in [0.25, 0.3) is 5.91 Å². The molecule has 1 aliphatic carbocycles. The first-order chi connectivity index (χ1) is 11.2. The lowest BCUT2D eigenvalue weighted by Gasteiger charge is -2.07. The van der Waals surface area contributed by atoms with Crippen LogP contribution in [-0.2, 0) is 4.79 Å². The number of ether oxygens (including phenoxy) is 1. The van der Waals surface area contributed by atoms with Crippen LogP contribution in [0, 0.1) is 0 Å². The van der Waals surface area contributed by atoms with Gasteiger partial charge in [-0.1, -0.05) is 37.4 Å². The molecule has 124 valence electrons. The number of allylic oxidation sites excluding steroid dienone is 2. The number of benzene rings is 1. The topological polar surface area (TPSA) is 50.7 Å². The normalized spacial score (nSPS) is 15.6. The molecule has 0 aromatic heterocycles. The molecular formula is C18H23ClN2O2. The van der Waals surface area contributed by atoms with E-state index in [1.54, 1.807) is 24.3 Å². The first-order valence-electron chi connectivity index (χ1n) is 8.12. The third kappa shape index (κ3) is 6.06. The Labute approximate surface area is 142 Å². The molecule has 0 atom stereocenters. The maximum absolute atomic E-state index is 11.8. The number of hydrogen-bond donors (Lipinski definition) is 1. The van der Waals surface area contributed by atoms with Gasteiger partial charge in [0.1, 0.15) is 5.75 Å². The Hall–Kier alpha value is -1.81. The van der Waals surface area contributed by atoms with Gasteiger partial charge in [0, 0.05) is 5.02 Å². The molecule has 0 fully saturated rings. The minimum Gasteiger partial charge on any atom is -0.484 e. The van der Waals surface area contributed by atoms with Crippen LogP contribution in [0.15, 0.2) is 41.0 Å². The summed E-state index contributed by atoms with van der Waals surface area (Å²) in [5, 5.41) is 4.89. The molecule has 0 radical (unpaired) electrons. The highest BCUT2D eigenvalue weighted by Crippen LogP contribution is 2.21. The molecule has 1 aliphatic rings. The van der Waals surface area contributed by atoms with E-state index in [1.807, 2.05) is 0 Å². The van der Waals surface area contributed by atoms with Crippen LogP contribution in [0.5, 0.6) is 5.75 Å². The lowest BCUT2D eigenvalue weighted by Crippen LogP contribution is -2.25. The second kappa shape index (κ2) is 9.36. The molecule has 0 saturated carbocycles. The molecule has 0 heterocycles. The first-order valence-corrected chi connectivity index (χ1v) is 8.50. The number of nitrogens with zero attached hydrogens (tertiary/aromatic N) is 1. The number of unbranched alkanes of at least 4 members (excludes halogenated alkanes) is 2. The van der Waals surface area contributed by atoms with Crippen molar-refractivity contribution in [2.45, 2.75) is 45.4 Å². The van der Waals surface area contributed by atoms with Gasteiger partial charge in [0.05, 0.1) is 5.71 Å². The van der Waals surface area contributed by atoms with Gasteiger partial charge in [-0.3, -0.25) is 4.79 Å². The van der Waals surface area contributed by atoms with Crippen molar-refractivity contribution in [2.24, 2.45) is 5.10 Å². The summed E-state index contributed by atoms with van der Waals surface area (Å²) < 4.78 is 5.39. The fourth-order valence-corrected chi connectivity index (χ4v) is 2.57. The number of nitrogens with one attached hydrogen (secondary N) is 1. The van der Waals surface area contributed by atoms with E-state index in [2.05, 4.69) is 23.5 Å². The molecule has 0 saturated heterocycles. The Balaban J connectivity index is 1.76. The molecule has 4 nitrogen and oxygen atoms in total. The van der Waals surface area contributed by atoms with Crippen LogP contribution in [0.25, 0.3) is 0 Å². The highest BCUT2D eigenvalue weighted by molar-refractivity contribution is 6.30. The Morgan fingerprint density at radius 1 is 1.30 bits per heavy atom. The van der Waals surface area contributed by atoms with Crippen LogP contribution in [-0.4, -0.2) is 18.2 Å². The second-order valence-corrected chi connectivity index (χ2v) is 6.00. The highest BCUT2D eigenvalue weighted by Gasteiger charge is 2.13. The van der Waals surface area contributed by atoms with E-state index in [1.165, 1.54) is 24.8 Å². The zero-order chi connectivity index (χ0) is 16.5. The van der Waals surface area contributed by atoms with E-state index < -0.39 is 0 Å². The van der Waals surface area contributed by atoms with Gasteiger partial charge in [0.2, 0.25) is 0 Å². The van der Waals surface area contributed by atoms with Crippen LogP contribution in [0.3, 0.4) is 0 Å². The van der Waals surface area contributed by atoms with Gasteiger partial charge in [-0.25, -0.2) is 5.43 Å². The van der Waals surface area contributed by atoms with E-state index in [-0.39, 0.29) is 12.5 Å². The Bertz CT molecular complexity index is 579. The third-order valence-corrected chi connectivity index (χ3v) is 3.94. The number of carbonyl (C=O) groups is 1. The van der Waals surface area contributed by atoms with Gasteiger partial charge in [0.15, 0.2) is 6.61 Å². The number of hydrogen-bond acceptors (Lipinski definition) is 3. The van der Waals surface area contributed by atoms with E-state index in [9.17, 15) is 4.79 Å². The largest absolute Gasteiger partial charge is 0.484 e. The Morgan fingerprint density at radius 3 is 2.83 bits per heavy atom. The molecule has 0 bridgehead atoms. The first kappa shape index (κ1) is 17.5. The van der Waals surface area contributed by atoms with Crippen molar-refractivity contribution in [3.63, 3.8) is 0 Å². The lowest BCUT2D eigenvalue weighted by atomic mass is 10.1. The van der Waals surface area contributed by atoms with Crippen LogP contribution < -0.4 is 10.2 Å². The molecule has 0 spiro atoms. The summed E-state index contributed by atoms with van der Waals surface area (Å²) in [7, 11) is 0. The molecule has 0 unspecified atom stereocenters. The molecule has 1 aromatic carbocycles. The zero-order valence-corrected chi connectivity index (χ0v) is 14.2. The van der Waals surface area contributed by atoms with E-state index in [0.29, 0.717) is 10.8 Å². The molecule has 0 aliphatic heterocycles. The summed E-state index contributed by atoms with van der Waals surface area (Å²) in [5.41, 5.74) is 4.86. The van der Waals surface area contributed by atoms with Crippen molar-refractivity contribution >= 4 is 23.2 Å². The van der Waals surface area contributed by atoms with Crippen molar-refractivity contribution in [2.75, 3.05) is 6.61 Å². The van der Waals surface area contributed by atoms with Gasteiger partial charge < -0.3 is 4.74 Å². The second-order valence-electron chi connectivity index (χ2n) is 5.56. The molecular weight excluding hydrogens is 312 g/mol. The number of amides is 1. The summed E-state index contributed by atoms with van der Waals surface area (Å²) in [4.78, 5) is 11.8. The van der Waals surface area contributed by atoms with Crippen molar-refractivity contribution < 1.29 is 9.53 Å². The molecule has 5 heteroatoms. The highest BCUT2D eigenvalue weighted by atomic mass is 35.5. The van der Waals surface area contributed by atoms with Crippen LogP contribution in [0.1, 0.15) is 45.4 Å². The monoisotopic (exact) mass is 334 g/mol. The van der Waals surface area contributed by atoms with E-state index >= 15 is 0 Å². The van der Waals surface area contributed by atoms with Gasteiger partial charge in [-0.15, -0.1) is 0 Å². The summed E-state index contributed by atoms with van der Waals surface area (Å²) in [6.07, 6.45) is 8.80. The molecule has 23 heavy (non-hydrogen) atoms. The quantitative estimate of drug-likeness (QED) is 0.562. The Morgan fingerprint density at radius 2 is 2.09 bits per heavy atom. The van der Waals surface area contributed by atoms with Crippen LogP contribution in [0.4, 0.5) is 0 Å². The zero-order valence-electron chi connectivity index (χ0n) is 13.5. The predicted molar refractivity (Wildman–Crippen MR) is 94.0 cm³/mol. The van der Waals surface area contributed by atoms with Gasteiger partial charge in [-0.2, -0.15) is 5.10 Å². The van der Waals surface area contributed by atoms with Crippen molar-refractivity contribution in [1.29, 1.82) is 0 Å². The molecule has 1 aromatic rings. The maximum Gasteiger partial charge on any atom is 0.277 e. The number of rotatable bonds is 8. The fraction of sp³-hybridized carbons (Fsp3) is 0.444. The standard InChI is InChI=1S/C18H23ClN2O2/c1-2-3-4-6-14-7-5-8-17(14)20-21-18(22)13-23-16-11-9-15(19)10-12-16/h7,9-12H,2-6,8,13H2,1H3,(H,21,22). The average Bonchev–Trinajstić information content (AvgIpc) is 3.00. The number of hydrazone groups is 1. The third-order valence-electron chi connectivity index (χ3n) is 3.69. The number of carbonyl (C=O) groups excluding carboxylic acids is 1. The summed E-state index contributed by atoms with van der Waals surface area (Å²) in [6, 6.07) is 6.90. The summed E-state index contributed by atoms with van der Waals surface area (Å²) in [6.45, 7) is 2.13. The number of halogens is 1. The minimum atomic E-state index is -0.257.